The second-order valence-corrected chi connectivity index (χ2v) is 4.83. The van der Waals surface area contributed by atoms with E-state index in [0.29, 0.717) is 23.7 Å². The van der Waals surface area contributed by atoms with E-state index in [9.17, 15) is 26.3 Å². The van der Waals surface area contributed by atoms with Gasteiger partial charge in [-0.3, -0.25) is 4.57 Å². The molecule has 3 aromatic rings. The molecule has 0 aliphatic heterocycles. The minimum absolute atomic E-state index is 0.289. The van der Waals surface area contributed by atoms with Crippen LogP contribution in [0, 0.1) is 0 Å². The van der Waals surface area contributed by atoms with Crippen molar-refractivity contribution in [1.29, 1.82) is 0 Å². The van der Waals surface area contributed by atoms with Crippen molar-refractivity contribution >= 4 is 11.0 Å². The Bertz CT molecular complexity index is 860. The molecule has 0 N–H and O–H groups in total. The predicted octanol–water partition coefficient (Wildman–Crippen LogP) is 5.06. The van der Waals surface area contributed by atoms with Crippen molar-refractivity contribution in [1.82, 2.24) is 9.55 Å². The fourth-order valence-electron chi connectivity index (χ4n) is 2.30. The molecule has 120 valence electrons. The molecule has 2 nitrogen and oxygen atoms in total. The average Bonchev–Trinajstić information content (AvgIpc) is 2.88. The van der Waals surface area contributed by atoms with Crippen LogP contribution < -0.4 is 0 Å². The summed E-state index contributed by atoms with van der Waals surface area (Å²) in [6.07, 6.45) is -8.45. The van der Waals surface area contributed by atoms with Crippen molar-refractivity contribution in [2.75, 3.05) is 0 Å². The van der Waals surface area contributed by atoms with Crippen molar-refractivity contribution in [3.63, 3.8) is 0 Å². The quantitative estimate of drug-likeness (QED) is 0.570. The van der Waals surface area contributed by atoms with Gasteiger partial charge in [0.2, 0.25) is 0 Å². The van der Waals surface area contributed by atoms with Gasteiger partial charge in [0.25, 0.3) is 0 Å². The van der Waals surface area contributed by atoms with Crippen molar-refractivity contribution in [2.24, 2.45) is 0 Å². The van der Waals surface area contributed by atoms with Gasteiger partial charge in [-0.2, -0.15) is 26.3 Å². The molecule has 0 atom stereocenters. The van der Waals surface area contributed by atoms with Gasteiger partial charge in [-0.15, -0.1) is 0 Å². The third-order valence-electron chi connectivity index (χ3n) is 3.34. The van der Waals surface area contributed by atoms with Crippen molar-refractivity contribution in [2.45, 2.75) is 12.4 Å². The van der Waals surface area contributed by atoms with E-state index in [1.54, 1.807) is 18.2 Å². The van der Waals surface area contributed by atoms with Crippen LogP contribution in [0.25, 0.3) is 16.7 Å². The van der Waals surface area contributed by atoms with Crippen molar-refractivity contribution in [3.05, 3.63) is 59.9 Å². The third-order valence-corrected chi connectivity index (χ3v) is 3.34. The molecule has 0 fully saturated rings. The van der Waals surface area contributed by atoms with Gasteiger partial charge in [0, 0.05) is 0 Å². The van der Waals surface area contributed by atoms with Gasteiger partial charge in [-0.05, 0) is 30.3 Å². The number of nitrogens with zero attached hydrogens (tertiary/aromatic N) is 2. The summed E-state index contributed by atoms with van der Waals surface area (Å²) in [7, 11) is 0. The predicted molar refractivity (Wildman–Crippen MR) is 71.1 cm³/mol. The Hall–Kier alpha value is -2.51. The first-order chi connectivity index (χ1) is 10.7. The fourth-order valence-corrected chi connectivity index (χ4v) is 2.30. The van der Waals surface area contributed by atoms with Crippen LogP contribution in [0.15, 0.2) is 48.8 Å². The number of hydrogen-bond donors (Lipinski definition) is 0. The molecule has 0 unspecified atom stereocenters. The zero-order chi connectivity index (χ0) is 16.8. The lowest BCUT2D eigenvalue weighted by atomic mass is 10.1. The number of hydrogen-bond acceptors (Lipinski definition) is 1. The average molecular weight is 330 g/mol. The topological polar surface area (TPSA) is 17.8 Å². The highest BCUT2D eigenvalue weighted by Crippen LogP contribution is 2.38. The van der Waals surface area contributed by atoms with Crippen LogP contribution in [0.3, 0.4) is 0 Å². The molecule has 0 bridgehead atoms. The normalized spacial score (nSPS) is 12.8. The molecule has 0 radical (unpaired) electrons. The summed E-state index contributed by atoms with van der Waals surface area (Å²) >= 11 is 0. The molecule has 0 spiro atoms. The summed E-state index contributed by atoms with van der Waals surface area (Å²) in [5.74, 6) is 0. The minimum Gasteiger partial charge on any atom is -0.298 e. The Morgan fingerprint density at radius 1 is 0.826 bits per heavy atom. The Morgan fingerprint density at radius 3 is 2.17 bits per heavy atom. The SMILES string of the molecule is FC(F)(F)c1ccc(C(F)(F)F)c(-n2cnc3ccccc32)c1. The van der Waals surface area contributed by atoms with E-state index in [1.165, 1.54) is 6.07 Å². The molecular weight excluding hydrogens is 322 g/mol. The van der Waals surface area contributed by atoms with Crippen molar-refractivity contribution < 1.29 is 26.3 Å². The number of imidazole rings is 1. The first-order valence-corrected chi connectivity index (χ1v) is 6.39. The monoisotopic (exact) mass is 330 g/mol. The molecule has 23 heavy (non-hydrogen) atoms. The standard InChI is InChI=1S/C15H8F6N2/c16-14(17,18)9-5-6-10(15(19,20)21)13(7-9)23-8-22-11-3-1-2-4-12(11)23/h1-8H. The lowest BCUT2D eigenvalue weighted by Gasteiger charge is -2.16. The van der Waals surface area contributed by atoms with E-state index in [2.05, 4.69) is 4.98 Å². The number of halogens is 6. The van der Waals surface area contributed by atoms with E-state index in [-0.39, 0.29) is 5.52 Å². The summed E-state index contributed by atoms with van der Waals surface area (Å²) < 4.78 is 79.0. The molecular formula is C15H8F6N2. The van der Waals surface area contributed by atoms with E-state index < -0.39 is 29.2 Å². The van der Waals surface area contributed by atoms with E-state index >= 15 is 0 Å². The third kappa shape index (κ3) is 2.76. The Balaban J connectivity index is 2.31. The van der Waals surface area contributed by atoms with Crippen LogP contribution in [-0.4, -0.2) is 9.55 Å². The van der Waals surface area contributed by atoms with Gasteiger partial charge in [-0.25, -0.2) is 4.98 Å². The maximum absolute atomic E-state index is 13.2. The molecule has 0 aliphatic carbocycles. The number of fused-ring (bicyclic) bond motifs is 1. The van der Waals surface area contributed by atoms with E-state index in [4.69, 9.17) is 0 Å². The fraction of sp³-hybridized carbons (Fsp3) is 0.133. The maximum Gasteiger partial charge on any atom is 0.418 e. The number of aromatic nitrogens is 2. The van der Waals surface area contributed by atoms with Gasteiger partial charge in [0.15, 0.2) is 0 Å². The highest BCUT2D eigenvalue weighted by molar-refractivity contribution is 5.77. The largest absolute Gasteiger partial charge is 0.418 e. The van der Waals surface area contributed by atoms with Crippen LogP contribution in [0.1, 0.15) is 11.1 Å². The lowest BCUT2D eigenvalue weighted by Crippen LogP contribution is -2.13. The van der Waals surface area contributed by atoms with E-state index in [1.807, 2.05) is 0 Å². The number of benzene rings is 2. The second-order valence-electron chi connectivity index (χ2n) is 4.83. The van der Waals surface area contributed by atoms with Gasteiger partial charge in [0.05, 0.1) is 27.8 Å². The minimum atomic E-state index is -4.79. The van der Waals surface area contributed by atoms with Crippen LogP contribution in [0.4, 0.5) is 26.3 Å². The zero-order valence-corrected chi connectivity index (χ0v) is 11.3. The van der Waals surface area contributed by atoms with Crippen LogP contribution in [0.5, 0.6) is 0 Å². The molecule has 0 amide bonds. The highest BCUT2D eigenvalue weighted by atomic mass is 19.4. The van der Waals surface area contributed by atoms with Crippen LogP contribution in [0.2, 0.25) is 0 Å². The molecule has 8 heteroatoms. The molecule has 0 saturated heterocycles. The van der Waals surface area contributed by atoms with Crippen molar-refractivity contribution in [3.8, 4) is 5.69 Å². The smallest absolute Gasteiger partial charge is 0.298 e. The van der Waals surface area contributed by atoms with Crippen LogP contribution >= 0.6 is 0 Å². The number of para-hydroxylation sites is 2. The molecule has 0 aliphatic rings. The molecule has 3 rings (SSSR count). The second kappa shape index (κ2) is 5.00. The summed E-state index contributed by atoms with van der Waals surface area (Å²) in [6, 6.07) is 7.60. The molecule has 1 heterocycles. The summed E-state index contributed by atoms with van der Waals surface area (Å²) in [4.78, 5) is 3.92. The Morgan fingerprint density at radius 2 is 1.52 bits per heavy atom. The molecule has 1 aromatic heterocycles. The summed E-state index contributed by atoms with van der Waals surface area (Å²) in [5, 5.41) is 0. The molecule has 2 aromatic carbocycles. The zero-order valence-electron chi connectivity index (χ0n) is 11.3. The Labute approximate surface area is 126 Å². The van der Waals surface area contributed by atoms with Gasteiger partial charge in [-0.1, -0.05) is 12.1 Å². The lowest BCUT2D eigenvalue weighted by molar-refractivity contribution is -0.141. The Kier molecular flexibility index (Phi) is 3.35. The summed E-state index contributed by atoms with van der Waals surface area (Å²) in [6.45, 7) is 0. The van der Waals surface area contributed by atoms with Gasteiger partial charge < -0.3 is 0 Å². The number of rotatable bonds is 1. The van der Waals surface area contributed by atoms with E-state index in [0.717, 1.165) is 10.9 Å². The van der Waals surface area contributed by atoms with Gasteiger partial charge in [0.1, 0.15) is 6.33 Å². The van der Waals surface area contributed by atoms with Gasteiger partial charge >= 0.3 is 12.4 Å². The summed E-state index contributed by atoms with van der Waals surface area (Å²) in [5.41, 5.74) is -2.25. The van der Waals surface area contributed by atoms with Crippen LogP contribution in [-0.2, 0) is 12.4 Å². The molecule has 0 saturated carbocycles. The number of alkyl halides is 6. The highest BCUT2D eigenvalue weighted by Gasteiger charge is 2.37. The maximum atomic E-state index is 13.2. The first kappa shape index (κ1) is 15.4. The first-order valence-electron chi connectivity index (χ1n) is 6.39.